The summed E-state index contributed by atoms with van der Waals surface area (Å²) in [7, 11) is 0. The Morgan fingerprint density at radius 3 is 2.71 bits per heavy atom. The minimum absolute atomic E-state index is 0.0472. The summed E-state index contributed by atoms with van der Waals surface area (Å²) < 4.78 is 15.5. The fourth-order valence-electron chi connectivity index (χ4n) is 1.68. The van der Waals surface area contributed by atoms with Gasteiger partial charge >= 0.3 is 5.97 Å². The summed E-state index contributed by atoms with van der Waals surface area (Å²) in [6, 6.07) is 4.73. The molecule has 1 aliphatic rings. The average Bonchev–Trinajstić information content (AvgIpc) is 2.92. The molecule has 0 spiro atoms. The highest BCUT2D eigenvalue weighted by Gasteiger charge is 2.20. The molecular weight excluding hydrogens is 341 g/mol. The van der Waals surface area contributed by atoms with Gasteiger partial charge in [-0.05, 0) is 12.1 Å². The van der Waals surface area contributed by atoms with Gasteiger partial charge in [-0.3, -0.25) is 0 Å². The highest BCUT2D eigenvalue weighted by molar-refractivity contribution is 6.48. The molecular formula is C13H6Cl3NO4. The summed E-state index contributed by atoms with van der Waals surface area (Å²) in [6.45, 7) is 0.132. The smallest absolute Gasteiger partial charge is 0.363 e. The van der Waals surface area contributed by atoms with E-state index in [1.54, 1.807) is 12.1 Å². The summed E-state index contributed by atoms with van der Waals surface area (Å²) in [5.41, 5.74) is -0.122. The van der Waals surface area contributed by atoms with E-state index in [1.807, 2.05) is 0 Å². The molecule has 0 fully saturated rings. The van der Waals surface area contributed by atoms with Crippen molar-refractivity contribution < 1.29 is 19.0 Å². The zero-order valence-electron chi connectivity index (χ0n) is 10.2. The Morgan fingerprint density at radius 2 is 1.90 bits per heavy atom. The van der Waals surface area contributed by atoms with E-state index >= 15 is 0 Å². The molecule has 0 radical (unpaired) electrons. The summed E-state index contributed by atoms with van der Waals surface area (Å²) in [4.78, 5) is 15.9. The Hall–Kier alpha value is -1.69. The maximum Gasteiger partial charge on any atom is 0.363 e. The van der Waals surface area contributed by atoms with Crippen LogP contribution in [-0.4, -0.2) is 17.7 Å². The molecule has 1 aromatic carbocycles. The number of hydrogen-bond acceptors (Lipinski definition) is 5. The van der Waals surface area contributed by atoms with Crippen LogP contribution in [0.4, 0.5) is 0 Å². The molecule has 0 saturated carbocycles. The zero-order chi connectivity index (χ0) is 15.0. The fourth-order valence-corrected chi connectivity index (χ4v) is 2.24. The minimum Gasteiger partial charge on any atom is -0.454 e. The molecule has 0 unspecified atom stereocenters. The molecule has 0 amide bonds. The molecule has 1 aromatic heterocycles. The van der Waals surface area contributed by atoms with Gasteiger partial charge in [0, 0.05) is 12.3 Å². The fraction of sp³-hybridized carbons (Fsp3) is 0.0769. The van der Waals surface area contributed by atoms with E-state index < -0.39 is 5.97 Å². The van der Waals surface area contributed by atoms with E-state index in [-0.39, 0.29) is 33.3 Å². The number of carbonyl (C=O) groups is 1. The average molecular weight is 347 g/mol. The summed E-state index contributed by atoms with van der Waals surface area (Å²) in [5, 5.41) is 0.141. The van der Waals surface area contributed by atoms with Crippen molar-refractivity contribution in [3.05, 3.63) is 45.2 Å². The van der Waals surface area contributed by atoms with Gasteiger partial charge in [-0.25, -0.2) is 9.78 Å². The molecule has 1 aliphatic heterocycles. The van der Waals surface area contributed by atoms with Gasteiger partial charge in [0.1, 0.15) is 5.75 Å². The Balaban J connectivity index is 1.85. The predicted octanol–water partition coefficient (Wildman–Crippen LogP) is 3.99. The van der Waals surface area contributed by atoms with Crippen molar-refractivity contribution >= 4 is 40.8 Å². The van der Waals surface area contributed by atoms with E-state index in [2.05, 4.69) is 4.98 Å². The third kappa shape index (κ3) is 2.72. The van der Waals surface area contributed by atoms with Gasteiger partial charge in [0.15, 0.2) is 17.2 Å². The SMILES string of the molecule is O=C(Oc1ccc2c(c1)OCO2)c1ncc(Cl)c(Cl)c1Cl. The molecule has 0 saturated heterocycles. The highest BCUT2D eigenvalue weighted by atomic mass is 35.5. The second-order valence-electron chi connectivity index (χ2n) is 3.99. The van der Waals surface area contributed by atoms with Crippen LogP contribution in [0.5, 0.6) is 17.2 Å². The largest absolute Gasteiger partial charge is 0.454 e. The van der Waals surface area contributed by atoms with Crippen LogP contribution in [0.1, 0.15) is 10.5 Å². The molecule has 2 aromatic rings. The van der Waals surface area contributed by atoms with Crippen LogP contribution in [0.2, 0.25) is 15.1 Å². The molecule has 108 valence electrons. The van der Waals surface area contributed by atoms with Gasteiger partial charge in [-0.1, -0.05) is 34.8 Å². The molecule has 2 heterocycles. The lowest BCUT2D eigenvalue weighted by Gasteiger charge is -2.07. The molecule has 0 N–H and O–H groups in total. The maximum absolute atomic E-state index is 12.1. The van der Waals surface area contributed by atoms with Crippen molar-refractivity contribution in [1.29, 1.82) is 0 Å². The first kappa shape index (κ1) is 14.3. The number of aromatic nitrogens is 1. The van der Waals surface area contributed by atoms with Gasteiger partial charge in [0.2, 0.25) is 6.79 Å². The van der Waals surface area contributed by atoms with Crippen LogP contribution in [0.3, 0.4) is 0 Å². The van der Waals surface area contributed by atoms with Crippen molar-refractivity contribution in [1.82, 2.24) is 4.98 Å². The highest BCUT2D eigenvalue weighted by Crippen LogP contribution is 2.36. The van der Waals surface area contributed by atoms with Gasteiger partial charge in [-0.15, -0.1) is 0 Å². The summed E-state index contributed by atoms with van der Waals surface area (Å²) in [5.74, 6) is 0.597. The van der Waals surface area contributed by atoms with Gasteiger partial charge in [0.05, 0.1) is 15.1 Å². The summed E-state index contributed by atoms with van der Waals surface area (Å²) in [6.07, 6.45) is 1.23. The van der Waals surface area contributed by atoms with E-state index in [1.165, 1.54) is 12.3 Å². The Morgan fingerprint density at radius 1 is 1.14 bits per heavy atom. The van der Waals surface area contributed by atoms with E-state index in [0.717, 1.165) is 0 Å². The number of carbonyl (C=O) groups excluding carboxylic acids is 1. The number of ether oxygens (including phenoxy) is 3. The lowest BCUT2D eigenvalue weighted by Crippen LogP contribution is -2.11. The Kier molecular flexibility index (Phi) is 3.80. The monoisotopic (exact) mass is 345 g/mol. The van der Waals surface area contributed by atoms with Crippen LogP contribution < -0.4 is 14.2 Å². The first-order valence-corrected chi connectivity index (χ1v) is 6.81. The quantitative estimate of drug-likeness (QED) is 0.608. The Labute approximate surface area is 134 Å². The van der Waals surface area contributed by atoms with E-state index in [4.69, 9.17) is 49.0 Å². The predicted molar refractivity (Wildman–Crippen MR) is 76.8 cm³/mol. The molecule has 0 aliphatic carbocycles. The minimum atomic E-state index is -0.752. The maximum atomic E-state index is 12.1. The lowest BCUT2D eigenvalue weighted by atomic mass is 10.3. The standard InChI is InChI=1S/C13H6Cl3NO4/c14-7-4-17-12(11(16)10(7)15)13(18)21-6-1-2-8-9(3-6)20-5-19-8/h1-4H,5H2. The van der Waals surface area contributed by atoms with Crippen molar-refractivity contribution in [2.75, 3.05) is 6.79 Å². The van der Waals surface area contributed by atoms with Crippen LogP contribution in [0.25, 0.3) is 0 Å². The van der Waals surface area contributed by atoms with Crippen LogP contribution in [-0.2, 0) is 0 Å². The lowest BCUT2D eigenvalue weighted by molar-refractivity contribution is 0.0728. The van der Waals surface area contributed by atoms with Crippen LogP contribution in [0.15, 0.2) is 24.4 Å². The normalized spacial score (nSPS) is 12.3. The second-order valence-corrected chi connectivity index (χ2v) is 5.15. The first-order chi connectivity index (χ1) is 10.1. The summed E-state index contributed by atoms with van der Waals surface area (Å²) >= 11 is 17.5. The number of fused-ring (bicyclic) bond motifs is 1. The molecule has 5 nitrogen and oxygen atoms in total. The number of benzene rings is 1. The van der Waals surface area contributed by atoms with Crippen LogP contribution >= 0.6 is 34.8 Å². The molecule has 0 atom stereocenters. The number of rotatable bonds is 2. The van der Waals surface area contributed by atoms with Gasteiger partial charge < -0.3 is 14.2 Å². The molecule has 3 rings (SSSR count). The third-order valence-corrected chi connectivity index (χ3v) is 3.91. The van der Waals surface area contributed by atoms with E-state index in [9.17, 15) is 4.79 Å². The van der Waals surface area contributed by atoms with E-state index in [0.29, 0.717) is 11.5 Å². The number of hydrogen-bond donors (Lipinski definition) is 0. The van der Waals surface area contributed by atoms with Crippen molar-refractivity contribution in [3.63, 3.8) is 0 Å². The molecule has 8 heteroatoms. The van der Waals surface area contributed by atoms with Gasteiger partial charge in [-0.2, -0.15) is 0 Å². The topological polar surface area (TPSA) is 57.7 Å². The van der Waals surface area contributed by atoms with Crippen molar-refractivity contribution in [2.24, 2.45) is 0 Å². The number of pyridine rings is 1. The second kappa shape index (κ2) is 5.60. The third-order valence-electron chi connectivity index (χ3n) is 2.67. The van der Waals surface area contributed by atoms with Crippen molar-refractivity contribution in [3.8, 4) is 17.2 Å². The first-order valence-electron chi connectivity index (χ1n) is 5.67. The number of esters is 1. The zero-order valence-corrected chi connectivity index (χ0v) is 12.5. The van der Waals surface area contributed by atoms with Crippen molar-refractivity contribution in [2.45, 2.75) is 0 Å². The molecule has 0 bridgehead atoms. The Bertz CT molecular complexity index is 736. The number of halogens is 3. The number of nitrogens with zero attached hydrogens (tertiary/aromatic N) is 1. The van der Waals surface area contributed by atoms with Crippen LogP contribution in [0, 0.1) is 0 Å². The van der Waals surface area contributed by atoms with Gasteiger partial charge in [0.25, 0.3) is 0 Å². The molecule has 21 heavy (non-hydrogen) atoms.